The Morgan fingerprint density at radius 3 is 2.94 bits per heavy atom. The Morgan fingerprint density at radius 1 is 1.50 bits per heavy atom. The lowest BCUT2D eigenvalue weighted by molar-refractivity contribution is 0.0903. The quantitative estimate of drug-likeness (QED) is 0.862. The fraction of sp³-hybridized carbons (Fsp3) is 0.333. The molecule has 1 unspecified atom stereocenters. The summed E-state index contributed by atoms with van der Waals surface area (Å²) < 4.78 is 10.4. The third-order valence-corrected chi connectivity index (χ3v) is 2.87. The molecule has 1 aromatic carbocycles. The first-order chi connectivity index (χ1) is 8.65. The molecule has 0 aliphatic carbocycles. The van der Waals surface area contributed by atoms with Crippen molar-refractivity contribution in [3.8, 4) is 11.5 Å². The van der Waals surface area contributed by atoms with Gasteiger partial charge in [0.25, 0.3) is 5.89 Å². The molecule has 0 bridgehead atoms. The highest BCUT2D eigenvalue weighted by Gasteiger charge is 2.18. The maximum atomic E-state index is 5.92. The zero-order valence-electron chi connectivity index (χ0n) is 10.2. The van der Waals surface area contributed by atoms with Gasteiger partial charge >= 0.3 is 0 Å². The largest absolute Gasteiger partial charge is 0.398 e. The van der Waals surface area contributed by atoms with E-state index in [9.17, 15) is 0 Å². The van der Waals surface area contributed by atoms with Crippen molar-refractivity contribution in [1.82, 2.24) is 10.1 Å². The molecule has 0 spiro atoms. The summed E-state index contributed by atoms with van der Waals surface area (Å²) in [5.41, 5.74) is 7.03. The van der Waals surface area contributed by atoms with E-state index in [1.165, 1.54) is 0 Å². The van der Waals surface area contributed by atoms with Gasteiger partial charge in [0.05, 0.1) is 5.56 Å². The van der Waals surface area contributed by atoms with Crippen LogP contribution in [0.3, 0.4) is 0 Å². The summed E-state index contributed by atoms with van der Waals surface area (Å²) in [6, 6.07) is 5.11. The van der Waals surface area contributed by atoms with Crippen LogP contribution in [0.5, 0.6) is 0 Å². The molecule has 1 atom stereocenters. The number of nitrogens with two attached hydrogens (primary N) is 1. The van der Waals surface area contributed by atoms with Crippen molar-refractivity contribution in [2.24, 2.45) is 0 Å². The van der Waals surface area contributed by atoms with Crippen molar-refractivity contribution in [3.05, 3.63) is 29.0 Å². The third-order valence-electron chi connectivity index (χ3n) is 2.63. The molecule has 0 amide bonds. The highest BCUT2D eigenvalue weighted by atomic mass is 35.5. The van der Waals surface area contributed by atoms with Gasteiger partial charge in [-0.15, -0.1) is 0 Å². The van der Waals surface area contributed by atoms with Crippen LogP contribution < -0.4 is 5.73 Å². The highest BCUT2D eigenvalue weighted by molar-refractivity contribution is 6.31. The number of methoxy groups -OCH3 is 1. The van der Waals surface area contributed by atoms with E-state index in [-0.39, 0.29) is 6.10 Å². The minimum Gasteiger partial charge on any atom is -0.398 e. The molecule has 1 aromatic heterocycles. The number of halogens is 1. The second kappa shape index (κ2) is 5.37. The number of hydrogen-bond acceptors (Lipinski definition) is 5. The summed E-state index contributed by atoms with van der Waals surface area (Å²) in [5.74, 6) is 0.856. The van der Waals surface area contributed by atoms with Crippen LogP contribution in [0.25, 0.3) is 11.5 Å². The van der Waals surface area contributed by atoms with Crippen LogP contribution in [0.2, 0.25) is 5.02 Å². The van der Waals surface area contributed by atoms with Crippen LogP contribution >= 0.6 is 11.6 Å². The zero-order valence-corrected chi connectivity index (χ0v) is 10.9. The molecule has 2 rings (SSSR count). The lowest BCUT2D eigenvalue weighted by Crippen LogP contribution is -2.01. The summed E-state index contributed by atoms with van der Waals surface area (Å²) in [6.45, 7) is 1.98. The van der Waals surface area contributed by atoms with Crippen molar-refractivity contribution in [1.29, 1.82) is 0 Å². The van der Waals surface area contributed by atoms with Crippen LogP contribution in [-0.2, 0) is 4.74 Å². The molecule has 5 nitrogen and oxygen atoms in total. The Labute approximate surface area is 110 Å². The SMILES string of the molecule is CCC(OC)c1noc(-c2cc(Cl)ccc2N)n1. The molecule has 0 radical (unpaired) electrons. The molecule has 0 aliphatic heterocycles. The molecule has 0 aliphatic rings. The number of nitrogen functional groups attached to an aromatic ring is 1. The maximum Gasteiger partial charge on any atom is 0.260 e. The first kappa shape index (κ1) is 12.9. The van der Waals surface area contributed by atoms with Gasteiger partial charge in [-0.3, -0.25) is 0 Å². The second-order valence-corrected chi connectivity index (χ2v) is 4.26. The standard InChI is InChI=1S/C12H14ClN3O2/c1-3-10(17-2)11-15-12(18-16-11)8-6-7(13)4-5-9(8)14/h4-6,10H,3,14H2,1-2H3. The number of rotatable bonds is 4. The average Bonchev–Trinajstić information content (AvgIpc) is 2.83. The molecule has 18 heavy (non-hydrogen) atoms. The summed E-state index contributed by atoms with van der Waals surface area (Å²) >= 11 is 5.92. The fourth-order valence-corrected chi connectivity index (χ4v) is 1.82. The van der Waals surface area contributed by atoms with Crippen LogP contribution in [-0.4, -0.2) is 17.3 Å². The Morgan fingerprint density at radius 2 is 2.28 bits per heavy atom. The van der Waals surface area contributed by atoms with Crippen LogP contribution in [0.4, 0.5) is 5.69 Å². The first-order valence-electron chi connectivity index (χ1n) is 5.57. The highest BCUT2D eigenvalue weighted by Crippen LogP contribution is 2.29. The molecule has 0 saturated carbocycles. The number of nitrogens with zero attached hydrogens (tertiary/aromatic N) is 2. The molecule has 1 heterocycles. The number of anilines is 1. The number of benzene rings is 1. The van der Waals surface area contributed by atoms with Crippen molar-refractivity contribution >= 4 is 17.3 Å². The van der Waals surface area contributed by atoms with E-state index in [2.05, 4.69) is 10.1 Å². The first-order valence-corrected chi connectivity index (χ1v) is 5.95. The summed E-state index contributed by atoms with van der Waals surface area (Å²) in [4.78, 5) is 4.28. The molecular weight excluding hydrogens is 254 g/mol. The number of ether oxygens (including phenoxy) is 1. The Bertz CT molecular complexity index is 538. The van der Waals surface area contributed by atoms with Crippen LogP contribution in [0.15, 0.2) is 22.7 Å². The van der Waals surface area contributed by atoms with Crippen molar-refractivity contribution in [2.75, 3.05) is 12.8 Å². The summed E-state index contributed by atoms with van der Waals surface area (Å²) in [6.07, 6.45) is 0.587. The normalized spacial score (nSPS) is 12.6. The van der Waals surface area contributed by atoms with Gasteiger partial charge in [-0.1, -0.05) is 23.7 Å². The lowest BCUT2D eigenvalue weighted by atomic mass is 10.2. The van der Waals surface area contributed by atoms with Gasteiger partial charge in [-0.25, -0.2) is 0 Å². The van der Waals surface area contributed by atoms with Gasteiger partial charge in [0.15, 0.2) is 0 Å². The molecule has 0 saturated heterocycles. The number of aromatic nitrogens is 2. The molecule has 0 fully saturated rings. The molecular formula is C12H14ClN3O2. The van der Waals surface area contributed by atoms with Crippen molar-refractivity contribution < 1.29 is 9.26 Å². The van der Waals surface area contributed by atoms with E-state index in [1.807, 2.05) is 6.92 Å². The molecule has 96 valence electrons. The lowest BCUT2D eigenvalue weighted by Gasteiger charge is -2.06. The van der Waals surface area contributed by atoms with E-state index < -0.39 is 0 Å². The van der Waals surface area contributed by atoms with Crippen molar-refractivity contribution in [3.63, 3.8) is 0 Å². The fourth-order valence-electron chi connectivity index (χ4n) is 1.64. The van der Waals surface area contributed by atoms with Gasteiger partial charge in [0, 0.05) is 17.8 Å². The molecule has 2 N–H and O–H groups in total. The Kier molecular flexibility index (Phi) is 3.84. The Hall–Kier alpha value is -1.59. The number of hydrogen-bond donors (Lipinski definition) is 1. The predicted octanol–water partition coefficient (Wildman–Crippen LogP) is 3.07. The topological polar surface area (TPSA) is 74.2 Å². The third kappa shape index (κ3) is 2.47. The average molecular weight is 268 g/mol. The van der Waals surface area contributed by atoms with Gasteiger partial charge in [0.1, 0.15) is 6.10 Å². The minimum absolute atomic E-state index is 0.178. The van der Waals surface area contributed by atoms with Gasteiger partial charge in [-0.2, -0.15) is 4.98 Å². The van der Waals surface area contributed by atoms with E-state index in [0.29, 0.717) is 28.0 Å². The minimum atomic E-state index is -0.178. The van der Waals surface area contributed by atoms with E-state index in [1.54, 1.807) is 25.3 Å². The molecule has 2 aromatic rings. The summed E-state index contributed by atoms with van der Waals surface area (Å²) in [7, 11) is 1.61. The maximum absolute atomic E-state index is 5.92. The molecule has 6 heteroatoms. The monoisotopic (exact) mass is 267 g/mol. The van der Waals surface area contributed by atoms with Crippen molar-refractivity contribution in [2.45, 2.75) is 19.4 Å². The van der Waals surface area contributed by atoms with E-state index >= 15 is 0 Å². The van der Waals surface area contributed by atoms with Gasteiger partial charge < -0.3 is 15.0 Å². The van der Waals surface area contributed by atoms with Crippen LogP contribution in [0.1, 0.15) is 25.3 Å². The van der Waals surface area contributed by atoms with Gasteiger partial charge in [-0.05, 0) is 24.6 Å². The second-order valence-electron chi connectivity index (χ2n) is 3.82. The van der Waals surface area contributed by atoms with Crippen LogP contribution in [0, 0.1) is 0 Å². The summed E-state index contributed by atoms with van der Waals surface area (Å²) in [5, 5.41) is 4.46. The van der Waals surface area contributed by atoms with E-state index in [0.717, 1.165) is 6.42 Å². The smallest absolute Gasteiger partial charge is 0.260 e. The Balaban J connectivity index is 2.37. The van der Waals surface area contributed by atoms with Gasteiger partial charge in [0.2, 0.25) is 5.82 Å². The van der Waals surface area contributed by atoms with E-state index in [4.69, 9.17) is 26.6 Å². The zero-order chi connectivity index (χ0) is 13.1. The predicted molar refractivity (Wildman–Crippen MR) is 69.2 cm³/mol.